The number of amides is 1. The molecule has 2 aromatic rings. The summed E-state index contributed by atoms with van der Waals surface area (Å²) in [7, 11) is 0. The number of carbonyl (C=O) groups excluding carboxylic acids is 1. The SMILES string of the molecule is C[C@@H](NC(=O)CSc1nnc2n1CCCCC2)c1ccccc1Br. The number of halogens is 1. The molecule has 1 aliphatic heterocycles. The Morgan fingerprint density at radius 2 is 2.17 bits per heavy atom. The van der Waals surface area contributed by atoms with Crippen LogP contribution in [0.1, 0.15) is 43.6 Å². The number of rotatable bonds is 5. The maximum atomic E-state index is 12.3. The van der Waals surface area contributed by atoms with E-state index in [4.69, 9.17) is 0 Å². The maximum Gasteiger partial charge on any atom is 0.230 e. The van der Waals surface area contributed by atoms with Crippen molar-refractivity contribution in [3.63, 3.8) is 0 Å². The van der Waals surface area contributed by atoms with Crippen LogP contribution >= 0.6 is 27.7 Å². The van der Waals surface area contributed by atoms with Crippen LogP contribution in [0, 0.1) is 0 Å². The van der Waals surface area contributed by atoms with Gasteiger partial charge in [0.25, 0.3) is 0 Å². The molecular weight excluding hydrogens is 388 g/mol. The van der Waals surface area contributed by atoms with Gasteiger partial charge in [0, 0.05) is 17.4 Å². The smallest absolute Gasteiger partial charge is 0.230 e. The third-order valence-corrected chi connectivity index (χ3v) is 5.85. The second-order valence-corrected chi connectivity index (χ2v) is 7.76. The lowest BCUT2D eigenvalue weighted by Crippen LogP contribution is -2.28. The van der Waals surface area contributed by atoms with Crippen LogP contribution in [-0.2, 0) is 17.8 Å². The van der Waals surface area contributed by atoms with Gasteiger partial charge in [-0.2, -0.15) is 0 Å². The molecular formula is C17H21BrN4OS. The first kappa shape index (κ1) is 17.5. The zero-order chi connectivity index (χ0) is 16.9. The number of nitrogens with one attached hydrogen (secondary N) is 1. The number of benzene rings is 1. The molecule has 1 aromatic carbocycles. The van der Waals surface area contributed by atoms with E-state index in [1.165, 1.54) is 24.6 Å². The van der Waals surface area contributed by atoms with Crippen LogP contribution in [0.15, 0.2) is 33.9 Å². The van der Waals surface area contributed by atoms with Gasteiger partial charge in [-0.25, -0.2) is 0 Å². The first-order valence-electron chi connectivity index (χ1n) is 8.24. The Hall–Kier alpha value is -1.34. The molecule has 24 heavy (non-hydrogen) atoms. The summed E-state index contributed by atoms with van der Waals surface area (Å²) in [5.74, 6) is 1.42. The van der Waals surface area contributed by atoms with Crippen molar-refractivity contribution in [3.05, 3.63) is 40.1 Å². The van der Waals surface area contributed by atoms with Crippen LogP contribution in [-0.4, -0.2) is 26.4 Å². The van der Waals surface area contributed by atoms with Crippen LogP contribution < -0.4 is 5.32 Å². The minimum atomic E-state index is -0.0378. The molecule has 0 bridgehead atoms. The summed E-state index contributed by atoms with van der Waals surface area (Å²) in [5, 5.41) is 12.4. The highest BCUT2D eigenvalue weighted by atomic mass is 79.9. The average Bonchev–Trinajstić information content (AvgIpc) is 2.80. The summed E-state index contributed by atoms with van der Waals surface area (Å²) in [6.07, 6.45) is 4.55. The molecule has 0 fully saturated rings. The van der Waals surface area contributed by atoms with Gasteiger partial charge in [-0.15, -0.1) is 10.2 Å². The van der Waals surface area contributed by atoms with E-state index < -0.39 is 0 Å². The second-order valence-electron chi connectivity index (χ2n) is 5.96. The number of aryl methyl sites for hydroxylation is 1. The Morgan fingerprint density at radius 3 is 3.00 bits per heavy atom. The Bertz CT molecular complexity index is 718. The number of hydrogen-bond donors (Lipinski definition) is 1. The molecule has 1 N–H and O–H groups in total. The standard InChI is InChI=1S/C17H21BrN4OS/c1-12(13-7-4-5-8-14(13)18)19-16(23)11-24-17-21-20-15-9-3-2-6-10-22(15)17/h4-5,7-8,12H,2-3,6,9-11H2,1H3,(H,19,23)/t12-/m1/s1. The van der Waals surface area contributed by atoms with Crippen molar-refractivity contribution in [2.24, 2.45) is 0 Å². The Labute approximate surface area is 154 Å². The molecule has 2 heterocycles. The van der Waals surface area contributed by atoms with Gasteiger partial charge in [-0.1, -0.05) is 52.3 Å². The molecule has 0 spiro atoms. The van der Waals surface area contributed by atoms with Gasteiger partial charge in [0.2, 0.25) is 5.91 Å². The monoisotopic (exact) mass is 408 g/mol. The molecule has 1 amide bonds. The fourth-order valence-corrected chi connectivity index (χ4v) is 4.31. The summed E-state index contributed by atoms with van der Waals surface area (Å²) in [4.78, 5) is 12.3. The van der Waals surface area contributed by atoms with Gasteiger partial charge in [0.05, 0.1) is 11.8 Å². The van der Waals surface area contributed by atoms with Gasteiger partial charge < -0.3 is 9.88 Å². The molecule has 3 rings (SSSR count). The minimum absolute atomic E-state index is 0.00854. The molecule has 0 aliphatic carbocycles. The van der Waals surface area contributed by atoms with E-state index in [1.807, 2.05) is 31.2 Å². The first-order valence-corrected chi connectivity index (χ1v) is 10.0. The number of hydrogen-bond acceptors (Lipinski definition) is 4. The van der Waals surface area contributed by atoms with Crippen molar-refractivity contribution in [2.75, 3.05) is 5.75 Å². The molecule has 5 nitrogen and oxygen atoms in total. The molecule has 128 valence electrons. The summed E-state index contributed by atoms with van der Waals surface area (Å²) >= 11 is 4.99. The minimum Gasteiger partial charge on any atom is -0.349 e. The Morgan fingerprint density at radius 1 is 1.33 bits per heavy atom. The van der Waals surface area contributed by atoms with E-state index in [0.29, 0.717) is 5.75 Å². The zero-order valence-corrected chi connectivity index (χ0v) is 16.1. The highest BCUT2D eigenvalue weighted by Gasteiger charge is 2.17. The number of nitrogens with zero attached hydrogens (tertiary/aromatic N) is 3. The number of fused-ring (bicyclic) bond motifs is 1. The van der Waals surface area contributed by atoms with Crippen LogP contribution in [0.3, 0.4) is 0 Å². The largest absolute Gasteiger partial charge is 0.349 e. The first-order chi connectivity index (χ1) is 11.6. The van der Waals surface area contributed by atoms with E-state index in [-0.39, 0.29) is 11.9 Å². The predicted molar refractivity (Wildman–Crippen MR) is 99.0 cm³/mol. The third-order valence-electron chi connectivity index (χ3n) is 4.16. The normalized spacial score (nSPS) is 15.4. The van der Waals surface area contributed by atoms with Crippen molar-refractivity contribution in [3.8, 4) is 0 Å². The van der Waals surface area contributed by atoms with E-state index in [0.717, 1.165) is 40.4 Å². The molecule has 1 aromatic heterocycles. The molecule has 0 saturated carbocycles. The lowest BCUT2D eigenvalue weighted by Gasteiger charge is -2.15. The van der Waals surface area contributed by atoms with E-state index in [1.54, 1.807) is 0 Å². The predicted octanol–water partition coefficient (Wildman–Crippen LogP) is 3.74. The number of aromatic nitrogens is 3. The maximum absolute atomic E-state index is 12.3. The highest BCUT2D eigenvalue weighted by Crippen LogP contribution is 2.24. The zero-order valence-electron chi connectivity index (χ0n) is 13.7. The lowest BCUT2D eigenvalue weighted by atomic mass is 10.1. The summed E-state index contributed by atoms with van der Waals surface area (Å²) in [5.41, 5.74) is 1.08. The lowest BCUT2D eigenvalue weighted by molar-refractivity contribution is -0.119. The highest BCUT2D eigenvalue weighted by molar-refractivity contribution is 9.10. The van der Waals surface area contributed by atoms with Crippen molar-refractivity contribution >= 4 is 33.6 Å². The third kappa shape index (κ3) is 4.19. The molecule has 1 aliphatic rings. The topological polar surface area (TPSA) is 59.8 Å². The van der Waals surface area contributed by atoms with Crippen molar-refractivity contribution < 1.29 is 4.79 Å². The number of carbonyl (C=O) groups is 1. The van der Waals surface area contributed by atoms with Crippen LogP contribution in [0.4, 0.5) is 0 Å². The van der Waals surface area contributed by atoms with Crippen LogP contribution in [0.5, 0.6) is 0 Å². The van der Waals surface area contributed by atoms with E-state index in [9.17, 15) is 4.79 Å². The molecule has 7 heteroatoms. The summed E-state index contributed by atoms with van der Waals surface area (Å²) < 4.78 is 3.18. The van der Waals surface area contributed by atoms with Crippen molar-refractivity contribution in [1.82, 2.24) is 20.1 Å². The fraction of sp³-hybridized carbons (Fsp3) is 0.471. The van der Waals surface area contributed by atoms with Gasteiger partial charge in [0.1, 0.15) is 5.82 Å². The fourth-order valence-electron chi connectivity index (χ4n) is 2.88. The van der Waals surface area contributed by atoms with Gasteiger partial charge in [0.15, 0.2) is 5.16 Å². The summed E-state index contributed by atoms with van der Waals surface area (Å²) in [6.45, 7) is 2.95. The van der Waals surface area contributed by atoms with E-state index in [2.05, 4.69) is 36.0 Å². The van der Waals surface area contributed by atoms with Crippen LogP contribution in [0.25, 0.3) is 0 Å². The Balaban J connectivity index is 1.56. The van der Waals surface area contributed by atoms with Crippen LogP contribution in [0.2, 0.25) is 0 Å². The van der Waals surface area contributed by atoms with Crippen molar-refractivity contribution in [1.29, 1.82) is 0 Å². The average molecular weight is 409 g/mol. The number of thioether (sulfide) groups is 1. The molecule has 0 radical (unpaired) electrons. The quantitative estimate of drug-likeness (QED) is 0.765. The molecule has 1 atom stereocenters. The summed E-state index contributed by atoms with van der Waals surface area (Å²) in [6, 6.07) is 7.90. The van der Waals surface area contributed by atoms with Gasteiger partial charge >= 0.3 is 0 Å². The van der Waals surface area contributed by atoms with Gasteiger partial charge in [-0.3, -0.25) is 4.79 Å². The molecule has 0 unspecified atom stereocenters. The Kier molecular flexibility index (Phi) is 5.94. The molecule has 0 saturated heterocycles. The second kappa shape index (κ2) is 8.16. The van der Waals surface area contributed by atoms with Gasteiger partial charge in [-0.05, 0) is 31.4 Å². The van der Waals surface area contributed by atoms with E-state index >= 15 is 0 Å². The van der Waals surface area contributed by atoms with Crippen molar-refractivity contribution in [2.45, 2.75) is 50.4 Å².